The van der Waals surface area contributed by atoms with Gasteiger partial charge in [0, 0.05) is 22.0 Å². The first-order chi connectivity index (χ1) is 17.0. The van der Waals surface area contributed by atoms with Crippen molar-refractivity contribution in [3.05, 3.63) is 73.7 Å². The summed E-state index contributed by atoms with van der Waals surface area (Å²) in [7, 11) is 0. The fourth-order valence-electron chi connectivity index (χ4n) is 3.62. The molecule has 1 fully saturated rings. The summed E-state index contributed by atoms with van der Waals surface area (Å²) in [6, 6.07) is 6.59. The summed E-state index contributed by atoms with van der Waals surface area (Å²) in [5.74, 6) is -5.04. The molecule has 13 heteroatoms. The van der Waals surface area contributed by atoms with Crippen LogP contribution in [0.3, 0.4) is 0 Å². The van der Waals surface area contributed by atoms with Crippen LogP contribution in [-0.2, 0) is 4.79 Å². The normalized spacial score (nSPS) is 16.3. The van der Waals surface area contributed by atoms with Crippen LogP contribution in [0.5, 0.6) is 0 Å². The van der Waals surface area contributed by atoms with Crippen molar-refractivity contribution in [1.82, 2.24) is 5.32 Å². The van der Waals surface area contributed by atoms with Gasteiger partial charge >= 0.3 is 12.4 Å². The SMILES string of the molecule is O=C(CC1(C(=O)NCC(F)(F)F)CC1)c1ccc(/C(F)=C/C(c2ccc(Cl)c(Cl)c2)C(F)(F)F)cc1Br. The molecule has 2 aromatic carbocycles. The van der Waals surface area contributed by atoms with E-state index in [-0.39, 0.29) is 50.5 Å². The summed E-state index contributed by atoms with van der Waals surface area (Å²) in [5, 5.41) is 1.68. The highest BCUT2D eigenvalue weighted by molar-refractivity contribution is 9.10. The Balaban J connectivity index is 1.80. The molecule has 200 valence electrons. The molecule has 1 unspecified atom stereocenters. The van der Waals surface area contributed by atoms with Crippen LogP contribution in [0.2, 0.25) is 10.0 Å². The van der Waals surface area contributed by atoms with Crippen molar-refractivity contribution in [3.63, 3.8) is 0 Å². The van der Waals surface area contributed by atoms with Gasteiger partial charge in [-0.05, 0) is 48.7 Å². The van der Waals surface area contributed by atoms with E-state index in [1.807, 2.05) is 0 Å². The Hall–Kier alpha value is -2.11. The van der Waals surface area contributed by atoms with Gasteiger partial charge in [0.2, 0.25) is 5.91 Å². The predicted molar refractivity (Wildman–Crippen MR) is 128 cm³/mol. The third-order valence-electron chi connectivity index (χ3n) is 5.80. The molecular formula is C24H17BrCl2F7NO2. The third kappa shape index (κ3) is 7.48. The number of alkyl halides is 6. The zero-order chi connectivity index (χ0) is 27.8. The number of ketones is 1. The van der Waals surface area contributed by atoms with Crippen LogP contribution in [0.15, 0.2) is 46.9 Å². The van der Waals surface area contributed by atoms with Crippen molar-refractivity contribution in [2.24, 2.45) is 5.41 Å². The molecule has 1 amide bonds. The zero-order valence-corrected chi connectivity index (χ0v) is 21.6. The van der Waals surface area contributed by atoms with Gasteiger partial charge in [0.25, 0.3) is 0 Å². The molecular weight excluding hydrogens is 618 g/mol. The van der Waals surface area contributed by atoms with E-state index in [1.54, 1.807) is 5.32 Å². The first kappa shape index (κ1) is 29.4. The van der Waals surface area contributed by atoms with Crippen LogP contribution >= 0.6 is 39.1 Å². The molecule has 0 bridgehead atoms. The lowest BCUT2D eigenvalue weighted by molar-refractivity contribution is -0.141. The van der Waals surface area contributed by atoms with Crippen molar-refractivity contribution < 1.29 is 40.3 Å². The van der Waals surface area contributed by atoms with E-state index < -0.39 is 47.7 Å². The maximum atomic E-state index is 14.9. The van der Waals surface area contributed by atoms with Crippen molar-refractivity contribution in [3.8, 4) is 0 Å². The van der Waals surface area contributed by atoms with Gasteiger partial charge < -0.3 is 5.32 Å². The second-order valence-corrected chi connectivity index (χ2v) is 10.2. The Bertz CT molecular complexity index is 1240. The minimum absolute atomic E-state index is 0.00306. The number of halogens is 10. The number of carbonyl (C=O) groups is 2. The Morgan fingerprint density at radius 3 is 2.19 bits per heavy atom. The molecule has 0 aromatic heterocycles. The van der Waals surface area contributed by atoms with Gasteiger partial charge in [-0.3, -0.25) is 9.59 Å². The van der Waals surface area contributed by atoms with E-state index in [2.05, 4.69) is 15.9 Å². The summed E-state index contributed by atoms with van der Waals surface area (Å²) < 4.78 is 93.1. The fraction of sp³-hybridized carbons (Fsp3) is 0.333. The lowest BCUT2D eigenvalue weighted by atomic mass is 9.93. The number of hydrogen-bond donors (Lipinski definition) is 1. The Morgan fingerprint density at radius 2 is 1.68 bits per heavy atom. The van der Waals surface area contributed by atoms with Crippen LogP contribution in [0.25, 0.3) is 5.83 Å². The van der Waals surface area contributed by atoms with Crippen molar-refractivity contribution in [2.75, 3.05) is 6.54 Å². The zero-order valence-electron chi connectivity index (χ0n) is 18.5. The fourth-order valence-corrected chi connectivity index (χ4v) is 4.53. The smallest absolute Gasteiger partial charge is 0.346 e. The molecule has 0 aliphatic heterocycles. The highest BCUT2D eigenvalue weighted by atomic mass is 79.9. The summed E-state index contributed by atoms with van der Waals surface area (Å²) in [6.45, 7) is -1.52. The monoisotopic (exact) mass is 633 g/mol. The lowest BCUT2D eigenvalue weighted by Crippen LogP contribution is -2.39. The number of allylic oxidation sites excluding steroid dienone is 1. The molecule has 1 atom stereocenters. The van der Waals surface area contributed by atoms with E-state index in [9.17, 15) is 40.3 Å². The maximum absolute atomic E-state index is 14.9. The molecule has 1 N–H and O–H groups in total. The van der Waals surface area contributed by atoms with Crippen LogP contribution in [0, 0.1) is 5.41 Å². The quantitative estimate of drug-likeness (QED) is 0.234. The number of Topliss-reactive ketones (excluding diaryl/α,β-unsaturated/α-hetero) is 1. The number of amides is 1. The molecule has 1 aliphatic rings. The topological polar surface area (TPSA) is 46.2 Å². The minimum Gasteiger partial charge on any atom is -0.346 e. The molecule has 3 nitrogen and oxygen atoms in total. The molecule has 37 heavy (non-hydrogen) atoms. The van der Waals surface area contributed by atoms with Crippen LogP contribution in [0.1, 0.15) is 46.7 Å². The minimum atomic E-state index is -4.85. The summed E-state index contributed by atoms with van der Waals surface area (Å²) in [5.41, 5.74) is -1.85. The molecule has 0 heterocycles. The Labute approximate surface area is 225 Å². The van der Waals surface area contributed by atoms with E-state index in [0.717, 1.165) is 30.3 Å². The Kier molecular flexibility index (Phi) is 8.71. The molecule has 0 spiro atoms. The van der Waals surface area contributed by atoms with Gasteiger partial charge in [-0.15, -0.1) is 0 Å². The average molecular weight is 635 g/mol. The number of nitrogens with one attached hydrogen (secondary N) is 1. The number of rotatable bonds is 8. The van der Waals surface area contributed by atoms with Crippen LogP contribution in [-0.4, -0.2) is 30.6 Å². The number of benzene rings is 2. The lowest BCUT2D eigenvalue weighted by Gasteiger charge is -2.18. The van der Waals surface area contributed by atoms with Gasteiger partial charge in [-0.2, -0.15) is 26.3 Å². The third-order valence-corrected chi connectivity index (χ3v) is 7.19. The van der Waals surface area contributed by atoms with Crippen molar-refractivity contribution >= 4 is 56.6 Å². The van der Waals surface area contributed by atoms with Crippen LogP contribution < -0.4 is 5.32 Å². The highest BCUT2D eigenvalue weighted by Crippen LogP contribution is 2.50. The van der Waals surface area contributed by atoms with Gasteiger partial charge in [-0.1, -0.05) is 51.3 Å². The second kappa shape index (κ2) is 10.9. The molecule has 1 aliphatic carbocycles. The first-order valence-corrected chi connectivity index (χ1v) is 12.1. The van der Waals surface area contributed by atoms with Crippen molar-refractivity contribution in [1.29, 1.82) is 0 Å². The molecule has 3 rings (SSSR count). The van der Waals surface area contributed by atoms with Gasteiger partial charge in [0.1, 0.15) is 18.3 Å². The Morgan fingerprint density at radius 1 is 1.03 bits per heavy atom. The van der Waals surface area contributed by atoms with Gasteiger partial charge in [0.15, 0.2) is 5.78 Å². The number of carbonyl (C=O) groups excluding carboxylic acids is 2. The van der Waals surface area contributed by atoms with E-state index in [1.165, 1.54) is 6.07 Å². The molecule has 0 saturated heterocycles. The standard InChI is InChI=1S/C24H17BrCl2F7NO2/c25-16-7-13(19(28)9-15(24(32,33)34)12-2-4-17(26)18(27)8-12)1-3-14(16)20(36)10-22(5-6-22)21(37)35-11-23(29,30)31/h1-4,7-9,15H,5-6,10-11H2,(H,35,37)/b19-9-. The summed E-state index contributed by atoms with van der Waals surface area (Å²) >= 11 is 14.6. The van der Waals surface area contributed by atoms with Crippen LogP contribution in [0.4, 0.5) is 30.7 Å². The largest absolute Gasteiger partial charge is 0.405 e. The molecule has 1 saturated carbocycles. The van der Waals surface area contributed by atoms with Gasteiger partial charge in [0.05, 0.1) is 15.5 Å². The van der Waals surface area contributed by atoms with Gasteiger partial charge in [-0.25, -0.2) is 4.39 Å². The molecule has 2 aromatic rings. The number of hydrogen-bond acceptors (Lipinski definition) is 2. The average Bonchev–Trinajstić information content (AvgIpc) is 3.56. The van der Waals surface area contributed by atoms with E-state index >= 15 is 0 Å². The van der Waals surface area contributed by atoms with E-state index in [0.29, 0.717) is 6.08 Å². The predicted octanol–water partition coefficient (Wildman–Crippen LogP) is 8.44. The maximum Gasteiger partial charge on any atom is 0.405 e. The second-order valence-electron chi connectivity index (χ2n) is 8.58. The first-order valence-electron chi connectivity index (χ1n) is 10.6. The molecule has 0 radical (unpaired) electrons. The summed E-state index contributed by atoms with van der Waals surface area (Å²) in [4.78, 5) is 24.9. The van der Waals surface area contributed by atoms with Crippen molar-refractivity contribution in [2.45, 2.75) is 37.5 Å². The highest BCUT2D eigenvalue weighted by Gasteiger charge is 2.51. The van der Waals surface area contributed by atoms with E-state index in [4.69, 9.17) is 23.2 Å². The summed E-state index contributed by atoms with van der Waals surface area (Å²) in [6.07, 6.45) is -9.01.